The van der Waals surface area contributed by atoms with Crippen LogP contribution in [0.5, 0.6) is 28.7 Å². The van der Waals surface area contributed by atoms with Crippen molar-refractivity contribution >= 4 is 34.1 Å². The summed E-state index contributed by atoms with van der Waals surface area (Å²) in [6, 6.07) is 15.4. The molecule has 0 bridgehead atoms. The maximum Gasteiger partial charge on any atom is 0.267 e. The zero-order valence-corrected chi connectivity index (χ0v) is 23.9. The number of carbonyl (C=O) groups is 2. The largest absolute Gasteiger partial charge is 0.493 e. The predicted octanol–water partition coefficient (Wildman–Crippen LogP) is 6.64. The third-order valence-electron chi connectivity index (χ3n) is 6.28. The number of fused-ring (bicyclic) bond motifs is 1. The van der Waals surface area contributed by atoms with E-state index in [-0.39, 0.29) is 5.57 Å². The molecule has 0 spiro atoms. The van der Waals surface area contributed by atoms with E-state index < -0.39 is 17.6 Å². The zero-order chi connectivity index (χ0) is 30.4. The molecule has 3 aromatic carbocycles. The van der Waals surface area contributed by atoms with Crippen LogP contribution in [0.1, 0.15) is 13.8 Å². The highest BCUT2D eigenvalue weighted by atomic mass is 19.1. The molecule has 0 saturated heterocycles. The van der Waals surface area contributed by atoms with Crippen LogP contribution in [0.3, 0.4) is 0 Å². The quantitative estimate of drug-likeness (QED) is 0.129. The molecule has 0 fully saturated rings. The Morgan fingerprint density at radius 1 is 0.881 bits per heavy atom. The minimum absolute atomic E-state index is 0.130. The summed E-state index contributed by atoms with van der Waals surface area (Å²) in [5.74, 6) is 0.563. The number of pyridine rings is 1. The van der Waals surface area contributed by atoms with Crippen molar-refractivity contribution in [3.8, 4) is 28.7 Å². The number of anilines is 2. The van der Waals surface area contributed by atoms with Crippen molar-refractivity contribution < 1.29 is 32.9 Å². The number of hydrogen-bond donors (Lipinski definition) is 1. The zero-order valence-electron chi connectivity index (χ0n) is 23.9. The number of aromatic nitrogens is 1. The molecule has 1 heterocycles. The maximum absolute atomic E-state index is 13.5. The number of ether oxygens (including phenoxy) is 4. The monoisotopic (exact) mass is 571 g/mol. The fourth-order valence-electron chi connectivity index (χ4n) is 4.26. The first-order chi connectivity index (χ1) is 20.2. The maximum atomic E-state index is 13.5. The van der Waals surface area contributed by atoms with Gasteiger partial charge in [-0.25, -0.2) is 4.39 Å². The van der Waals surface area contributed by atoms with Crippen LogP contribution in [0.2, 0.25) is 0 Å². The standard InChI is InChI=1S/C32H30FN3O6/c1-7-23(32(38)36(19(2)3)22-11-8-20(33)9-12-22)31(37)35-21-10-13-27(28(16-21)39-4)42-26-14-15-34-25-18-30(41-6)29(40-5)17-24(25)26/h7-18H,2H2,1,3-6H3,(H,35,37). The molecule has 0 unspecified atom stereocenters. The number of nitrogens with one attached hydrogen (secondary N) is 1. The van der Waals surface area contributed by atoms with Gasteiger partial charge in [-0.3, -0.25) is 19.5 Å². The van der Waals surface area contributed by atoms with E-state index in [1.807, 2.05) is 0 Å². The smallest absolute Gasteiger partial charge is 0.267 e. The summed E-state index contributed by atoms with van der Waals surface area (Å²) in [4.78, 5) is 32.2. The van der Waals surface area contributed by atoms with Gasteiger partial charge in [0.15, 0.2) is 23.0 Å². The molecular weight excluding hydrogens is 541 g/mol. The molecule has 0 aliphatic heterocycles. The number of allylic oxidation sites excluding steroid dienone is 2. The Morgan fingerprint density at radius 3 is 2.14 bits per heavy atom. The molecule has 0 radical (unpaired) electrons. The van der Waals surface area contributed by atoms with Crippen LogP contribution in [0.4, 0.5) is 15.8 Å². The summed E-state index contributed by atoms with van der Waals surface area (Å²) in [7, 11) is 4.56. The molecule has 1 N–H and O–H groups in total. The topological polar surface area (TPSA) is 99.2 Å². The van der Waals surface area contributed by atoms with Crippen molar-refractivity contribution in [1.82, 2.24) is 4.98 Å². The van der Waals surface area contributed by atoms with Gasteiger partial charge in [-0.1, -0.05) is 12.7 Å². The molecule has 2 amide bonds. The van der Waals surface area contributed by atoms with Gasteiger partial charge in [-0.15, -0.1) is 0 Å². The number of halogens is 1. The fraction of sp³-hybridized carbons (Fsp3) is 0.156. The van der Waals surface area contributed by atoms with Crippen LogP contribution in [0.25, 0.3) is 10.9 Å². The van der Waals surface area contributed by atoms with E-state index in [9.17, 15) is 14.0 Å². The number of nitrogens with zero attached hydrogens (tertiary/aromatic N) is 2. The van der Waals surface area contributed by atoms with E-state index in [4.69, 9.17) is 18.9 Å². The minimum atomic E-state index is -0.646. The van der Waals surface area contributed by atoms with E-state index in [1.54, 1.807) is 70.7 Å². The van der Waals surface area contributed by atoms with Crippen molar-refractivity contribution in [2.45, 2.75) is 13.8 Å². The average molecular weight is 572 g/mol. The summed E-state index contributed by atoms with van der Waals surface area (Å²) < 4.78 is 36.0. The molecular formula is C32H30FN3O6. The van der Waals surface area contributed by atoms with Gasteiger partial charge in [0.2, 0.25) is 0 Å². The van der Waals surface area contributed by atoms with E-state index >= 15 is 0 Å². The number of methoxy groups -OCH3 is 3. The fourth-order valence-corrected chi connectivity index (χ4v) is 4.26. The second-order valence-corrected chi connectivity index (χ2v) is 9.01. The molecule has 4 rings (SSSR count). The van der Waals surface area contributed by atoms with Gasteiger partial charge in [-0.05, 0) is 62.4 Å². The van der Waals surface area contributed by atoms with Crippen LogP contribution in [-0.2, 0) is 9.59 Å². The highest BCUT2D eigenvalue weighted by Gasteiger charge is 2.26. The van der Waals surface area contributed by atoms with Gasteiger partial charge in [0.25, 0.3) is 11.8 Å². The Labute approximate surface area is 242 Å². The lowest BCUT2D eigenvalue weighted by Gasteiger charge is -2.24. The average Bonchev–Trinajstić information content (AvgIpc) is 2.98. The molecule has 1 aromatic heterocycles. The number of carbonyl (C=O) groups excluding carboxylic acids is 2. The third-order valence-corrected chi connectivity index (χ3v) is 6.28. The normalized spacial score (nSPS) is 11.0. The minimum Gasteiger partial charge on any atom is -0.493 e. The van der Waals surface area contributed by atoms with Gasteiger partial charge in [0, 0.05) is 40.8 Å². The van der Waals surface area contributed by atoms with Gasteiger partial charge < -0.3 is 24.3 Å². The lowest BCUT2D eigenvalue weighted by molar-refractivity contribution is -0.119. The van der Waals surface area contributed by atoms with Gasteiger partial charge in [-0.2, -0.15) is 0 Å². The molecule has 0 saturated carbocycles. The first-order valence-corrected chi connectivity index (χ1v) is 12.8. The van der Waals surface area contributed by atoms with Gasteiger partial charge >= 0.3 is 0 Å². The van der Waals surface area contributed by atoms with Crippen molar-refractivity contribution in [3.05, 3.63) is 96.6 Å². The summed E-state index contributed by atoms with van der Waals surface area (Å²) >= 11 is 0. The molecule has 9 nitrogen and oxygen atoms in total. The first kappa shape index (κ1) is 29.6. The van der Waals surface area contributed by atoms with Crippen LogP contribution >= 0.6 is 0 Å². The lowest BCUT2D eigenvalue weighted by atomic mass is 10.1. The van der Waals surface area contributed by atoms with Crippen LogP contribution in [0, 0.1) is 5.82 Å². The van der Waals surface area contributed by atoms with Crippen LogP contribution < -0.4 is 29.2 Å². The van der Waals surface area contributed by atoms with Crippen molar-refractivity contribution in [3.63, 3.8) is 0 Å². The SMILES string of the molecule is C=C(C)N(C(=O)C(=CC)C(=O)Nc1ccc(Oc2ccnc3cc(OC)c(OC)cc23)c(OC)c1)c1ccc(F)cc1. The van der Waals surface area contributed by atoms with Crippen molar-refractivity contribution in [1.29, 1.82) is 0 Å². The molecule has 4 aromatic rings. The molecule has 0 atom stereocenters. The second kappa shape index (κ2) is 12.9. The summed E-state index contributed by atoms with van der Waals surface area (Å²) in [6.45, 7) is 7.04. The lowest BCUT2D eigenvalue weighted by Crippen LogP contribution is -2.34. The van der Waals surface area contributed by atoms with E-state index in [0.717, 1.165) is 0 Å². The Hall–Kier alpha value is -5.38. The van der Waals surface area contributed by atoms with Crippen LogP contribution in [0.15, 0.2) is 90.8 Å². The Bertz CT molecular complexity index is 1680. The number of rotatable bonds is 10. The molecule has 10 heteroatoms. The molecule has 216 valence electrons. The number of benzene rings is 3. The highest BCUT2D eigenvalue weighted by molar-refractivity contribution is 6.27. The second-order valence-electron chi connectivity index (χ2n) is 9.01. The first-order valence-electron chi connectivity index (χ1n) is 12.8. The van der Waals surface area contributed by atoms with Crippen LogP contribution in [-0.4, -0.2) is 38.1 Å². The summed E-state index contributed by atoms with van der Waals surface area (Å²) in [6.07, 6.45) is 3.02. The summed E-state index contributed by atoms with van der Waals surface area (Å²) in [5, 5.41) is 3.42. The molecule has 42 heavy (non-hydrogen) atoms. The summed E-state index contributed by atoms with van der Waals surface area (Å²) in [5.41, 5.74) is 1.62. The van der Waals surface area contributed by atoms with Gasteiger partial charge in [0.1, 0.15) is 17.1 Å². The Balaban J connectivity index is 1.58. The number of hydrogen-bond acceptors (Lipinski definition) is 7. The number of amides is 2. The van der Waals surface area contributed by atoms with Gasteiger partial charge in [0.05, 0.1) is 26.8 Å². The highest BCUT2D eigenvalue weighted by Crippen LogP contribution is 2.39. The van der Waals surface area contributed by atoms with E-state index in [0.29, 0.717) is 56.7 Å². The van der Waals surface area contributed by atoms with Crippen molar-refractivity contribution in [2.24, 2.45) is 0 Å². The Kier molecular flexibility index (Phi) is 9.06. The third kappa shape index (κ3) is 6.17. The van der Waals surface area contributed by atoms with E-state index in [2.05, 4.69) is 16.9 Å². The molecule has 0 aliphatic carbocycles. The Morgan fingerprint density at radius 2 is 1.52 bits per heavy atom. The molecule has 0 aliphatic rings. The van der Waals surface area contributed by atoms with Crippen molar-refractivity contribution in [2.75, 3.05) is 31.5 Å². The predicted molar refractivity (Wildman–Crippen MR) is 159 cm³/mol. The van der Waals surface area contributed by atoms with E-state index in [1.165, 1.54) is 42.4 Å².